The summed E-state index contributed by atoms with van der Waals surface area (Å²) in [5.41, 5.74) is 3.19. The molecule has 0 spiro atoms. The Hall–Kier alpha value is -1.06. The van der Waals surface area contributed by atoms with Crippen LogP contribution in [0.2, 0.25) is 5.02 Å². The van der Waals surface area contributed by atoms with Crippen molar-refractivity contribution in [3.63, 3.8) is 0 Å². The minimum Gasteiger partial charge on any atom is -0.335 e. The number of halogens is 1. The van der Waals surface area contributed by atoms with E-state index in [1.165, 1.54) is 17.5 Å². The minimum absolute atomic E-state index is 0.120. The minimum atomic E-state index is 0.120. The van der Waals surface area contributed by atoms with Gasteiger partial charge in [-0.05, 0) is 49.6 Å². The second-order valence-electron chi connectivity index (χ2n) is 4.99. The number of nitrogens with one attached hydrogen (secondary N) is 1. The first-order valence-corrected chi connectivity index (χ1v) is 6.93. The Morgan fingerprint density at radius 3 is 3.00 bits per heavy atom. The standard InChI is InChI=1S/C14H17ClN2O/c1-2-17-8-12-10(13-4-3-5-16-13)6-9(15)7-11(12)14(17)18/h6-7,13,16H,2-5,8H2,1H3. The molecule has 3 rings (SSSR count). The fourth-order valence-electron chi connectivity index (χ4n) is 2.97. The topological polar surface area (TPSA) is 32.3 Å². The summed E-state index contributed by atoms with van der Waals surface area (Å²) in [7, 11) is 0. The summed E-state index contributed by atoms with van der Waals surface area (Å²) in [6.07, 6.45) is 2.32. The third-order valence-electron chi connectivity index (χ3n) is 3.93. The highest BCUT2D eigenvalue weighted by Gasteiger charge is 2.31. The van der Waals surface area contributed by atoms with Crippen LogP contribution in [0.1, 0.15) is 47.3 Å². The fraction of sp³-hybridized carbons (Fsp3) is 0.500. The van der Waals surface area contributed by atoms with Gasteiger partial charge in [0, 0.05) is 29.7 Å². The fourth-order valence-corrected chi connectivity index (χ4v) is 3.20. The van der Waals surface area contributed by atoms with Crippen LogP contribution in [0.3, 0.4) is 0 Å². The molecule has 1 N–H and O–H groups in total. The molecule has 4 heteroatoms. The Bertz CT molecular complexity index is 495. The van der Waals surface area contributed by atoms with Crippen LogP contribution >= 0.6 is 11.6 Å². The molecule has 1 aromatic carbocycles. The van der Waals surface area contributed by atoms with Gasteiger partial charge in [0.2, 0.25) is 0 Å². The number of hydrogen-bond acceptors (Lipinski definition) is 2. The second kappa shape index (κ2) is 4.56. The summed E-state index contributed by atoms with van der Waals surface area (Å²) in [5.74, 6) is 0.120. The van der Waals surface area contributed by atoms with E-state index >= 15 is 0 Å². The van der Waals surface area contributed by atoms with E-state index in [9.17, 15) is 4.79 Å². The molecule has 1 saturated heterocycles. The molecule has 1 unspecified atom stereocenters. The van der Waals surface area contributed by atoms with E-state index in [0.29, 0.717) is 11.1 Å². The molecule has 2 aliphatic heterocycles. The zero-order valence-corrected chi connectivity index (χ0v) is 11.3. The molecule has 1 atom stereocenters. The summed E-state index contributed by atoms with van der Waals surface area (Å²) in [5, 5.41) is 4.16. The first-order valence-electron chi connectivity index (χ1n) is 6.55. The quantitative estimate of drug-likeness (QED) is 0.891. The maximum absolute atomic E-state index is 12.2. The molecule has 0 aromatic heterocycles. The average molecular weight is 265 g/mol. The van der Waals surface area contributed by atoms with E-state index < -0.39 is 0 Å². The van der Waals surface area contributed by atoms with Crippen LogP contribution in [-0.4, -0.2) is 23.9 Å². The van der Waals surface area contributed by atoms with Crippen LogP contribution in [0.15, 0.2) is 12.1 Å². The monoisotopic (exact) mass is 264 g/mol. The van der Waals surface area contributed by atoms with E-state index in [1.807, 2.05) is 24.0 Å². The molecule has 1 fully saturated rings. The number of hydrogen-bond donors (Lipinski definition) is 1. The van der Waals surface area contributed by atoms with Gasteiger partial charge in [-0.2, -0.15) is 0 Å². The highest BCUT2D eigenvalue weighted by atomic mass is 35.5. The van der Waals surface area contributed by atoms with Gasteiger partial charge in [0.15, 0.2) is 0 Å². The molecular formula is C14H17ClN2O. The third kappa shape index (κ3) is 1.82. The number of carbonyl (C=O) groups is 1. The van der Waals surface area contributed by atoms with Gasteiger partial charge in [-0.3, -0.25) is 4.79 Å². The van der Waals surface area contributed by atoms with Crippen LogP contribution < -0.4 is 5.32 Å². The van der Waals surface area contributed by atoms with Gasteiger partial charge in [0.1, 0.15) is 0 Å². The van der Waals surface area contributed by atoms with E-state index in [0.717, 1.165) is 31.6 Å². The van der Waals surface area contributed by atoms with Gasteiger partial charge in [-0.1, -0.05) is 11.6 Å². The first kappa shape index (κ1) is 12.0. The van der Waals surface area contributed by atoms with Crippen LogP contribution in [-0.2, 0) is 6.54 Å². The average Bonchev–Trinajstić information content (AvgIpc) is 2.98. The molecule has 2 heterocycles. The molecule has 0 aliphatic carbocycles. The van der Waals surface area contributed by atoms with E-state index in [2.05, 4.69) is 5.32 Å². The van der Waals surface area contributed by atoms with Crippen molar-refractivity contribution >= 4 is 17.5 Å². The number of benzene rings is 1. The van der Waals surface area contributed by atoms with Crippen molar-refractivity contribution in [1.29, 1.82) is 0 Å². The lowest BCUT2D eigenvalue weighted by Crippen LogP contribution is -2.23. The number of rotatable bonds is 2. The van der Waals surface area contributed by atoms with Gasteiger partial charge in [0.25, 0.3) is 5.91 Å². The van der Waals surface area contributed by atoms with Crippen LogP contribution in [0.25, 0.3) is 0 Å². The summed E-state index contributed by atoms with van der Waals surface area (Å²) in [6.45, 7) is 4.55. The number of carbonyl (C=O) groups excluding carboxylic acids is 1. The number of nitrogens with zero attached hydrogens (tertiary/aromatic N) is 1. The summed E-state index contributed by atoms with van der Waals surface area (Å²) in [6, 6.07) is 4.20. The smallest absolute Gasteiger partial charge is 0.254 e. The maximum atomic E-state index is 12.2. The Balaban J connectivity index is 2.06. The van der Waals surface area contributed by atoms with Crippen molar-refractivity contribution in [2.45, 2.75) is 32.4 Å². The molecule has 0 radical (unpaired) electrons. The van der Waals surface area contributed by atoms with Crippen LogP contribution in [0.4, 0.5) is 0 Å². The summed E-state index contributed by atoms with van der Waals surface area (Å²) < 4.78 is 0. The molecule has 18 heavy (non-hydrogen) atoms. The summed E-state index contributed by atoms with van der Waals surface area (Å²) >= 11 is 6.16. The molecule has 96 valence electrons. The Labute approximate surface area is 112 Å². The Kier molecular flexibility index (Phi) is 3.04. The molecule has 2 aliphatic rings. The van der Waals surface area contributed by atoms with E-state index in [-0.39, 0.29) is 5.91 Å². The Morgan fingerprint density at radius 1 is 1.50 bits per heavy atom. The molecule has 0 bridgehead atoms. The summed E-state index contributed by atoms with van der Waals surface area (Å²) in [4.78, 5) is 14.1. The highest BCUT2D eigenvalue weighted by Crippen LogP contribution is 2.35. The SMILES string of the molecule is CCN1Cc2c(cc(Cl)cc2C2CCCN2)C1=O. The predicted octanol–water partition coefficient (Wildman–Crippen LogP) is 2.74. The van der Waals surface area contributed by atoms with Crippen LogP contribution in [0.5, 0.6) is 0 Å². The normalized spacial score (nSPS) is 22.7. The molecule has 1 aromatic rings. The predicted molar refractivity (Wildman–Crippen MR) is 71.8 cm³/mol. The van der Waals surface area contributed by atoms with Crippen molar-refractivity contribution in [2.24, 2.45) is 0 Å². The molecule has 3 nitrogen and oxygen atoms in total. The van der Waals surface area contributed by atoms with Gasteiger partial charge < -0.3 is 10.2 Å². The lowest BCUT2D eigenvalue weighted by atomic mass is 9.96. The largest absolute Gasteiger partial charge is 0.335 e. The maximum Gasteiger partial charge on any atom is 0.254 e. The molecule has 1 amide bonds. The Morgan fingerprint density at radius 2 is 2.33 bits per heavy atom. The van der Waals surface area contributed by atoms with E-state index in [4.69, 9.17) is 11.6 Å². The van der Waals surface area contributed by atoms with Crippen molar-refractivity contribution in [2.75, 3.05) is 13.1 Å². The molecule has 0 saturated carbocycles. The highest BCUT2D eigenvalue weighted by molar-refractivity contribution is 6.31. The number of fused-ring (bicyclic) bond motifs is 1. The van der Waals surface area contributed by atoms with Gasteiger partial charge in [-0.15, -0.1) is 0 Å². The lowest BCUT2D eigenvalue weighted by Gasteiger charge is -2.16. The van der Waals surface area contributed by atoms with Crippen molar-refractivity contribution in [3.05, 3.63) is 33.8 Å². The number of amides is 1. The second-order valence-corrected chi connectivity index (χ2v) is 5.43. The lowest BCUT2D eigenvalue weighted by molar-refractivity contribution is 0.0787. The van der Waals surface area contributed by atoms with Gasteiger partial charge >= 0.3 is 0 Å². The first-order chi connectivity index (χ1) is 8.70. The van der Waals surface area contributed by atoms with Crippen molar-refractivity contribution in [1.82, 2.24) is 10.2 Å². The van der Waals surface area contributed by atoms with Crippen molar-refractivity contribution in [3.8, 4) is 0 Å². The van der Waals surface area contributed by atoms with Gasteiger partial charge in [-0.25, -0.2) is 0 Å². The molecular weight excluding hydrogens is 248 g/mol. The third-order valence-corrected chi connectivity index (χ3v) is 4.15. The van der Waals surface area contributed by atoms with E-state index in [1.54, 1.807) is 0 Å². The van der Waals surface area contributed by atoms with Crippen LogP contribution in [0, 0.1) is 0 Å². The van der Waals surface area contributed by atoms with Crippen molar-refractivity contribution < 1.29 is 4.79 Å². The zero-order chi connectivity index (χ0) is 12.7. The van der Waals surface area contributed by atoms with Gasteiger partial charge in [0.05, 0.1) is 0 Å². The zero-order valence-electron chi connectivity index (χ0n) is 10.5.